The average molecular weight is 279 g/mol. The van der Waals surface area contributed by atoms with Crippen LogP contribution in [0.3, 0.4) is 0 Å². The maximum Gasteiger partial charge on any atom is 0.259 e. The van der Waals surface area contributed by atoms with Gasteiger partial charge < -0.3 is 5.32 Å². The standard InChI is InChI=1S/C15H25N3O2/c19-14(18-17-13-9-5-2-6-10-13)11-16-15(20)12-7-3-1-4-8-12/h12H,1-11H2,(H,16,20)(H,18,19). The predicted molar refractivity (Wildman–Crippen MR) is 78.2 cm³/mol. The van der Waals surface area contributed by atoms with Crippen molar-refractivity contribution in [2.75, 3.05) is 6.54 Å². The molecule has 2 aliphatic rings. The topological polar surface area (TPSA) is 70.6 Å². The van der Waals surface area contributed by atoms with Gasteiger partial charge in [0, 0.05) is 11.6 Å². The van der Waals surface area contributed by atoms with Crippen molar-refractivity contribution in [3.8, 4) is 0 Å². The van der Waals surface area contributed by atoms with Gasteiger partial charge in [-0.2, -0.15) is 5.10 Å². The molecule has 0 radical (unpaired) electrons. The maximum absolute atomic E-state index is 11.9. The Balaban J connectivity index is 1.65. The highest BCUT2D eigenvalue weighted by Gasteiger charge is 2.21. The number of hydrogen-bond acceptors (Lipinski definition) is 3. The number of nitrogens with zero attached hydrogens (tertiary/aromatic N) is 1. The lowest BCUT2D eigenvalue weighted by molar-refractivity contribution is -0.129. The summed E-state index contributed by atoms with van der Waals surface area (Å²) in [6.45, 7) is 0.0338. The minimum absolute atomic E-state index is 0.0187. The predicted octanol–water partition coefficient (Wildman–Crippen LogP) is 2.12. The Labute approximate surface area is 120 Å². The van der Waals surface area contributed by atoms with Crippen molar-refractivity contribution in [3.05, 3.63) is 0 Å². The van der Waals surface area contributed by atoms with Gasteiger partial charge in [0.2, 0.25) is 5.91 Å². The van der Waals surface area contributed by atoms with Crippen LogP contribution in [0.25, 0.3) is 0 Å². The van der Waals surface area contributed by atoms with Crippen LogP contribution >= 0.6 is 0 Å². The van der Waals surface area contributed by atoms with Crippen LogP contribution in [0.5, 0.6) is 0 Å². The molecule has 5 heteroatoms. The summed E-state index contributed by atoms with van der Waals surface area (Å²) in [6.07, 6.45) is 10.9. The molecular formula is C15H25N3O2. The number of nitrogens with one attached hydrogen (secondary N) is 2. The van der Waals surface area contributed by atoms with Gasteiger partial charge in [-0.1, -0.05) is 25.7 Å². The van der Waals surface area contributed by atoms with Crippen LogP contribution in [0.15, 0.2) is 5.10 Å². The zero-order valence-electron chi connectivity index (χ0n) is 12.1. The summed E-state index contributed by atoms with van der Waals surface area (Å²) in [5, 5.41) is 6.86. The fraction of sp³-hybridized carbons (Fsp3) is 0.800. The van der Waals surface area contributed by atoms with E-state index in [1.165, 1.54) is 12.8 Å². The van der Waals surface area contributed by atoms with E-state index in [2.05, 4.69) is 15.8 Å². The molecular weight excluding hydrogens is 254 g/mol. The van der Waals surface area contributed by atoms with E-state index in [-0.39, 0.29) is 24.3 Å². The molecule has 112 valence electrons. The second-order valence-corrected chi connectivity index (χ2v) is 5.83. The minimum atomic E-state index is -0.229. The first kappa shape index (κ1) is 15.0. The van der Waals surface area contributed by atoms with Gasteiger partial charge in [-0.3, -0.25) is 9.59 Å². The second kappa shape index (κ2) is 8.02. The van der Waals surface area contributed by atoms with Gasteiger partial charge in [-0.25, -0.2) is 5.43 Å². The smallest absolute Gasteiger partial charge is 0.259 e. The van der Waals surface area contributed by atoms with Gasteiger partial charge >= 0.3 is 0 Å². The fourth-order valence-electron chi connectivity index (χ4n) is 2.93. The van der Waals surface area contributed by atoms with Crippen LogP contribution in [0.1, 0.15) is 64.2 Å². The van der Waals surface area contributed by atoms with Gasteiger partial charge in [0.05, 0.1) is 6.54 Å². The Bertz CT molecular complexity index is 365. The van der Waals surface area contributed by atoms with E-state index in [1.54, 1.807) is 0 Å². The molecule has 0 aromatic rings. The summed E-state index contributed by atoms with van der Waals surface area (Å²) in [5.41, 5.74) is 3.62. The third-order valence-electron chi connectivity index (χ3n) is 4.17. The fourth-order valence-corrected chi connectivity index (χ4v) is 2.93. The molecule has 5 nitrogen and oxygen atoms in total. The number of carbonyl (C=O) groups is 2. The third kappa shape index (κ3) is 4.94. The van der Waals surface area contributed by atoms with Crippen LogP contribution in [0.4, 0.5) is 0 Å². The number of carbonyl (C=O) groups excluding carboxylic acids is 2. The van der Waals surface area contributed by atoms with Crippen LogP contribution in [0.2, 0.25) is 0 Å². The van der Waals surface area contributed by atoms with Gasteiger partial charge in [-0.05, 0) is 38.5 Å². The van der Waals surface area contributed by atoms with Gasteiger partial charge in [0.25, 0.3) is 5.91 Å². The van der Waals surface area contributed by atoms with Crippen molar-refractivity contribution in [1.29, 1.82) is 0 Å². The molecule has 2 aliphatic carbocycles. The lowest BCUT2D eigenvalue weighted by Crippen LogP contribution is -2.39. The molecule has 20 heavy (non-hydrogen) atoms. The van der Waals surface area contributed by atoms with E-state index < -0.39 is 0 Å². The van der Waals surface area contributed by atoms with Crippen LogP contribution in [0, 0.1) is 5.92 Å². The minimum Gasteiger partial charge on any atom is -0.347 e. The van der Waals surface area contributed by atoms with E-state index in [0.29, 0.717) is 0 Å². The zero-order chi connectivity index (χ0) is 14.2. The third-order valence-corrected chi connectivity index (χ3v) is 4.17. The molecule has 0 aromatic heterocycles. The number of hydrogen-bond donors (Lipinski definition) is 2. The Morgan fingerprint density at radius 3 is 2.35 bits per heavy atom. The lowest BCUT2D eigenvalue weighted by Gasteiger charge is -2.20. The van der Waals surface area contributed by atoms with E-state index >= 15 is 0 Å². The first-order chi connectivity index (χ1) is 9.75. The molecule has 2 fully saturated rings. The van der Waals surface area contributed by atoms with Gasteiger partial charge in [0.15, 0.2) is 0 Å². The maximum atomic E-state index is 11.9. The highest BCUT2D eigenvalue weighted by Crippen LogP contribution is 2.23. The lowest BCUT2D eigenvalue weighted by atomic mass is 9.89. The average Bonchev–Trinajstić information content (AvgIpc) is 2.52. The molecule has 0 saturated heterocycles. The Morgan fingerprint density at radius 1 is 1.00 bits per heavy atom. The Morgan fingerprint density at radius 2 is 1.65 bits per heavy atom. The van der Waals surface area contributed by atoms with Gasteiger partial charge in [0.1, 0.15) is 0 Å². The summed E-state index contributed by atoms with van der Waals surface area (Å²) < 4.78 is 0. The molecule has 0 spiro atoms. The van der Waals surface area contributed by atoms with E-state index in [4.69, 9.17) is 0 Å². The number of hydrazone groups is 1. The molecule has 0 atom stereocenters. The number of amides is 2. The molecule has 2 N–H and O–H groups in total. The van der Waals surface area contributed by atoms with Crippen LogP contribution in [-0.2, 0) is 9.59 Å². The molecule has 2 rings (SSSR count). The van der Waals surface area contributed by atoms with Crippen molar-refractivity contribution in [2.45, 2.75) is 64.2 Å². The molecule has 0 aliphatic heterocycles. The summed E-state index contributed by atoms with van der Waals surface area (Å²) in [6, 6.07) is 0. The van der Waals surface area contributed by atoms with Crippen LogP contribution < -0.4 is 10.7 Å². The summed E-state index contributed by atoms with van der Waals surface area (Å²) in [7, 11) is 0. The molecule has 0 aromatic carbocycles. The molecule has 2 saturated carbocycles. The van der Waals surface area contributed by atoms with E-state index in [0.717, 1.165) is 57.1 Å². The number of rotatable bonds is 4. The highest BCUT2D eigenvalue weighted by atomic mass is 16.2. The quantitative estimate of drug-likeness (QED) is 0.774. The second-order valence-electron chi connectivity index (χ2n) is 5.83. The van der Waals surface area contributed by atoms with E-state index in [1.807, 2.05) is 0 Å². The summed E-state index contributed by atoms with van der Waals surface area (Å²) in [4.78, 5) is 23.5. The molecule has 0 unspecified atom stereocenters. The Hall–Kier alpha value is -1.39. The highest BCUT2D eigenvalue weighted by molar-refractivity contribution is 5.88. The SMILES string of the molecule is O=C(CNC(=O)C1CCCCC1)NN=C1CCCCC1. The van der Waals surface area contributed by atoms with Gasteiger partial charge in [-0.15, -0.1) is 0 Å². The van der Waals surface area contributed by atoms with Crippen molar-refractivity contribution >= 4 is 17.5 Å². The van der Waals surface area contributed by atoms with Crippen molar-refractivity contribution < 1.29 is 9.59 Å². The molecule has 0 bridgehead atoms. The van der Waals surface area contributed by atoms with Crippen molar-refractivity contribution in [1.82, 2.24) is 10.7 Å². The Kier molecular flexibility index (Phi) is 6.02. The van der Waals surface area contributed by atoms with Crippen molar-refractivity contribution in [2.24, 2.45) is 11.0 Å². The van der Waals surface area contributed by atoms with Crippen LogP contribution in [-0.4, -0.2) is 24.1 Å². The first-order valence-electron chi connectivity index (χ1n) is 7.87. The largest absolute Gasteiger partial charge is 0.347 e. The monoisotopic (exact) mass is 279 g/mol. The normalized spacial score (nSPS) is 20.3. The molecule has 2 amide bonds. The van der Waals surface area contributed by atoms with E-state index in [9.17, 15) is 9.59 Å². The van der Waals surface area contributed by atoms with Crippen molar-refractivity contribution in [3.63, 3.8) is 0 Å². The zero-order valence-corrected chi connectivity index (χ0v) is 12.1. The molecule has 0 heterocycles. The summed E-state index contributed by atoms with van der Waals surface area (Å²) in [5.74, 6) is -0.112. The first-order valence-corrected chi connectivity index (χ1v) is 7.87. The summed E-state index contributed by atoms with van der Waals surface area (Å²) >= 11 is 0.